The highest BCUT2D eigenvalue weighted by molar-refractivity contribution is 5.94. The van der Waals surface area contributed by atoms with Crippen LogP contribution in [0.5, 0.6) is 5.75 Å². The van der Waals surface area contributed by atoms with Crippen LogP contribution in [-0.2, 0) is 54.6 Å². The van der Waals surface area contributed by atoms with Crippen molar-refractivity contribution in [2.45, 2.75) is 135 Å². The van der Waals surface area contributed by atoms with Crippen LogP contribution in [0.25, 0.3) is 0 Å². The van der Waals surface area contributed by atoms with Crippen molar-refractivity contribution in [3.8, 4) is 5.75 Å². The number of piperidine rings is 1. The first-order valence-electron chi connectivity index (χ1n) is 25.1. The van der Waals surface area contributed by atoms with Gasteiger partial charge in [-0.1, -0.05) is 74.9 Å². The number of hydrogen-bond acceptors (Lipinski definition) is 10. The average molecular weight is 980 g/mol. The lowest BCUT2D eigenvalue weighted by atomic mass is 9.90. The second-order valence-corrected chi connectivity index (χ2v) is 19.4. The normalized spacial score (nSPS) is 17.3. The van der Waals surface area contributed by atoms with Crippen molar-refractivity contribution in [2.24, 2.45) is 39.8 Å². The maximum Gasteiger partial charge on any atom is 0.245 e. The zero-order valence-corrected chi connectivity index (χ0v) is 42.0. The van der Waals surface area contributed by atoms with E-state index in [0.29, 0.717) is 31.6 Å². The predicted molar refractivity (Wildman–Crippen MR) is 274 cm³/mol. The van der Waals surface area contributed by atoms with E-state index in [9.17, 15) is 33.9 Å². The van der Waals surface area contributed by atoms with Crippen LogP contribution in [0.3, 0.4) is 0 Å². The second kappa shape index (κ2) is 27.2. The molecule has 0 aromatic heterocycles. The van der Waals surface area contributed by atoms with Gasteiger partial charge < -0.3 is 59.1 Å². The summed E-state index contributed by atoms with van der Waals surface area (Å²) in [7, 11) is 0. The Labute approximate surface area is 418 Å². The number of phenols is 1. The monoisotopic (exact) mass is 980 g/mol. The first-order chi connectivity index (χ1) is 33.9. The van der Waals surface area contributed by atoms with E-state index in [-0.39, 0.29) is 62.9 Å². The van der Waals surface area contributed by atoms with Crippen molar-refractivity contribution >= 4 is 41.4 Å². The predicted octanol–water partition coefficient (Wildman–Crippen LogP) is 2.11. The lowest BCUT2D eigenvalue weighted by molar-refractivity contribution is -0.138. The van der Waals surface area contributed by atoms with Crippen molar-refractivity contribution in [1.29, 1.82) is 0 Å². The number of fused-ring (bicyclic) bond motifs is 1. The molecule has 0 radical (unpaired) electrons. The molecule has 386 valence electrons. The molecular formula is C53H77N11O7. The smallest absolute Gasteiger partial charge is 0.245 e. The summed E-state index contributed by atoms with van der Waals surface area (Å²) in [4.78, 5) is 90.4. The molecule has 0 unspecified atom stereocenters. The summed E-state index contributed by atoms with van der Waals surface area (Å²) in [6.45, 7) is 10.3. The first kappa shape index (κ1) is 55.4. The van der Waals surface area contributed by atoms with Crippen LogP contribution in [0, 0.1) is 25.7 Å². The Balaban J connectivity index is 1.25. The number of phenolic OH excluding ortho intramolecular Hbond substituents is 1. The van der Waals surface area contributed by atoms with Gasteiger partial charge in [0.1, 0.15) is 29.9 Å². The summed E-state index contributed by atoms with van der Waals surface area (Å²) in [6, 6.07) is 16.1. The third kappa shape index (κ3) is 17.1. The van der Waals surface area contributed by atoms with Gasteiger partial charge in [0.15, 0.2) is 5.96 Å². The van der Waals surface area contributed by atoms with E-state index in [1.807, 2.05) is 58.0 Å². The number of aliphatic imine (C=N–C) groups is 1. The summed E-state index contributed by atoms with van der Waals surface area (Å²) >= 11 is 0. The van der Waals surface area contributed by atoms with E-state index in [4.69, 9.17) is 22.9 Å². The van der Waals surface area contributed by atoms with E-state index >= 15 is 0 Å². The van der Waals surface area contributed by atoms with Crippen molar-refractivity contribution in [1.82, 2.24) is 31.1 Å². The molecule has 0 saturated carbocycles. The zero-order chi connectivity index (χ0) is 51.6. The minimum Gasteiger partial charge on any atom is -0.508 e. The summed E-state index contributed by atoms with van der Waals surface area (Å²) in [5.74, 6) is -2.88. The number of likely N-dealkylation sites (tertiary alicyclic amines) is 1. The number of carbonyl (C=O) groups is 6. The van der Waals surface area contributed by atoms with Crippen molar-refractivity contribution in [3.05, 3.63) is 100 Å². The lowest BCUT2D eigenvalue weighted by Crippen LogP contribution is -2.56. The minimum absolute atomic E-state index is 0.0297. The maximum atomic E-state index is 14.4. The lowest BCUT2D eigenvalue weighted by Gasteiger charge is -2.32. The van der Waals surface area contributed by atoms with E-state index in [1.54, 1.807) is 12.1 Å². The van der Waals surface area contributed by atoms with Crippen molar-refractivity contribution < 1.29 is 33.9 Å². The van der Waals surface area contributed by atoms with Gasteiger partial charge in [-0.25, -0.2) is 0 Å². The number of benzene rings is 3. The molecule has 3 aromatic carbocycles. The van der Waals surface area contributed by atoms with Crippen LogP contribution in [0.2, 0.25) is 0 Å². The molecule has 6 amide bonds. The Morgan fingerprint density at radius 2 is 1.45 bits per heavy atom. The van der Waals surface area contributed by atoms with E-state index in [0.717, 1.165) is 66.7 Å². The molecule has 2 heterocycles. The molecule has 5 rings (SSSR count). The Bertz CT molecular complexity index is 2290. The highest BCUT2D eigenvalue weighted by atomic mass is 16.3. The molecule has 0 bridgehead atoms. The molecular weight excluding hydrogens is 903 g/mol. The molecule has 0 spiro atoms. The van der Waals surface area contributed by atoms with Gasteiger partial charge in [0.2, 0.25) is 35.4 Å². The van der Waals surface area contributed by atoms with Crippen LogP contribution in [-0.4, -0.2) is 119 Å². The number of nitrogens with two attached hydrogens (primary N) is 4. The van der Waals surface area contributed by atoms with Crippen molar-refractivity contribution in [2.75, 3.05) is 32.7 Å². The molecule has 18 nitrogen and oxygen atoms in total. The third-order valence-electron chi connectivity index (χ3n) is 14.0. The van der Waals surface area contributed by atoms with Gasteiger partial charge in [0.05, 0.1) is 6.04 Å². The third-order valence-corrected chi connectivity index (χ3v) is 14.0. The quantitative estimate of drug-likeness (QED) is 0.0337. The molecule has 2 aliphatic heterocycles. The molecule has 13 N–H and O–H groups in total. The number of aryl methyl sites for hydroxylation is 2. The fraction of sp³-hybridized carbons (Fsp3) is 0.528. The second-order valence-electron chi connectivity index (χ2n) is 19.4. The summed E-state index contributed by atoms with van der Waals surface area (Å²) in [5.41, 5.74) is 28.5. The number of rotatable bonds is 25. The van der Waals surface area contributed by atoms with E-state index < -0.39 is 65.7 Å². The van der Waals surface area contributed by atoms with Crippen LogP contribution >= 0.6 is 0 Å². The fourth-order valence-corrected chi connectivity index (χ4v) is 9.59. The van der Waals surface area contributed by atoms with E-state index in [2.05, 4.69) is 55.4 Å². The molecule has 0 aliphatic carbocycles. The molecule has 1 fully saturated rings. The van der Waals surface area contributed by atoms with Crippen LogP contribution < -0.4 is 44.2 Å². The Morgan fingerprint density at radius 1 is 0.817 bits per heavy atom. The van der Waals surface area contributed by atoms with Gasteiger partial charge in [-0.15, -0.1) is 0 Å². The number of guanidine groups is 1. The molecule has 2 aliphatic rings. The first-order valence-corrected chi connectivity index (χ1v) is 25.1. The molecule has 18 heteroatoms. The highest BCUT2D eigenvalue weighted by Crippen LogP contribution is 2.24. The highest BCUT2D eigenvalue weighted by Gasteiger charge is 2.35. The molecule has 71 heavy (non-hydrogen) atoms. The van der Waals surface area contributed by atoms with Crippen LogP contribution in [0.15, 0.2) is 71.7 Å². The van der Waals surface area contributed by atoms with Gasteiger partial charge in [0.25, 0.3) is 0 Å². The molecule has 3 aromatic rings. The number of primary amides is 1. The SMILES string of the molecule is CC[C@H](C)[C@H](NC(=O)[C@H](CCCN1CCC(Cc2ccccc2)CC1)NC(=O)CCN1Cc2ccccc2C[C@H](NC(=O)[C@@H](CCCN=C(N)N)NC(=O)[C@@H](N)Cc2c(C)cc(O)cc2C)C1=O)C(N)=O. The number of hydrogen-bond donors (Lipinski definition) is 9. The Kier molecular flexibility index (Phi) is 21.2. The van der Waals surface area contributed by atoms with E-state index in [1.165, 1.54) is 10.5 Å². The average Bonchev–Trinajstić information content (AvgIpc) is 3.46. The number of amides is 6. The van der Waals surface area contributed by atoms with Crippen LogP contribution in [0.4, 0.5) is 0 Å². The summed E-state index contributed by atoms with van der Waals surface area (Å²) < 4.78 is 0. The molecule has 1 saturated heterocycles. The fourth-order valence-electron chi connectivity index (χ4n) is 9.59. The molecule has 6 atom stereocenters. The minimum atomic E-state index is -1.11. The topological polar surface area (TPSA) is 294 Å². The van der Waals surface area contributed by atoms with Crippen LogP contribution in [0.1, 0.15) is 98.6 Å². The number of carbonyl (C=O) groups excluding carboxylic acids is 6. The maximum absolute atomic E-state index is 14.4. The zero-order valence-electron chi connectivity index (χ0n) is 42.0. The van der Waals surface area contributed by atoms with Crippen molar-refractivity contribution in [3.63, 3.8) is 0 Å². The van der Waals surface area contributed by atoms with Gasteiger partial charge in [-0.2, -0.15) is 0 Å². The Morgan fingerprint density at radius 3 is 2.10 bits per heavy atom. The summed E-state index contributed by atoms with van der Waals surface area (Å²) in [6.07, 6.45) is 5.33. The largest absolute Gasteiger partial charge is 0.508 e. The number of aromatic hydroxyl groups is 1. The van der Waals surface area contributed by atoms with Gasteiger partial charge in [0, 0.05) is 32.5 Å². The van der Waals surface area contributed by atoms with Gasteiger partial charge in [-0.05, 0) is 142 Å². The van der Waals surface area contributed by atoms with Gasteiger partial charge >= 0.3 is 0 Å². The number of nitrogens with zero attached hydrogens (tertiary/aromatic N) is 3. The van der Waals surface area contributed by atoms with Gasteiger partial charge in [-0.3, -0.25) is 33.8 Å². The summed E-state index contributed by atoms with van der Waals surface area (Å²) in [5, 5.41) is 21.4. The number of nitrogens with one attached hydrogen (secondary N) is 4. The Hall–Kier alpha value is -6.53. The standard InChI is InChI=1S/C53H77N11O7/c1-5-33(2)47(48(55)67)62-51(70)43(18-12-23-63-24-19-37(20-25-63)29-36-13-7-6-8-14-36)59-46(66)21-26-64-32-39-16-10-9-15-38(39)30-45(52(64)71)61-50(69)44(17-11-22-58-53(56)57)60-49(68)42(54)31-41-34(3)27-40(65)28-35(41)4/h6-10,13-16,27-28,33,37,42-45,47,65H,5,11-12,17-26,29-32,54H2,1-4H3,(H2,55,67)(H,59,66)(H,60,68)(H,61,69)(H,62,70)(H4,56,57,58)/t33-,42-,43-,44+,45-,47-/m0/s1.